The van der Waals surface area contributed by atoms with Crippen LogP contribution in [-0.4, -0.2) is 36.4 Å². The van der Waals surface area contributed by atoms with Crippen LogP contribution in [0.25, 0.3) is 0 Å². The van der Waals surface area contributed by atoms with E-state index < -0.39 is 29.2 Å². The minimum Gasteiger partial charge on any atom is -0.398 e. The van der Waals surface area contributed by atoms with Crippen LogP contribution in [0.1, 0.15) is 123 Å². The molecule has 9 heteroatoms. The molecular weight excluding hydrogens is 569 g/mol. The summed E-state index contributed by atoms with van der Waals surface area (Å²) in [4.78, 5) is 2.67. The zero-order valence-corrected chi connectivity index (χ0v) is 28.9. The summed E-state index contributed by atoms with van der Waals surface area (Å²) in [5, 5.41) is 0. The molecule has 1 saturated carbocycles. The Balaban J connectivity index is -0.000000522. The average molecular weight is 631 g/mol. The quantitative estimate of drug-likeness (QED) is 0.102. The van der Waals surface area contributed by atoms with Gasteiger partial charge in [0.2, 0.25) is 0 Å². The number of allylic oxidation sites excluding steroid dienone is 1. The molecule has 1 aromatic rings. The lowest BCUT2D eigenvalue weighted by atomic mass is 9.86. The summed E-state index contributed by atoms with van der Waals surface area (Å²) in [5.41, 5.74) is 0.536. The van der Waals surface area contributed by atoms with Crippen molar-refractivity contribution in [2.45, 2.75) is 132 Å². The van der Waals surface area contributed by atoms with Gasteiger partial charge in [0, 0.05) is 6.04 Å². The number of halogens is 6. The molecule has 1 aliphatic carbocycles. The molecule has 2 rings (SSSR count). The molecular formula is C33H61F6N2P. The van der Waals surface area contributed by atoms with Crippen molar-refractivity contribution in [2.75, 3.05) is 31.1 Å². The molecule has 0 aliphatic heterocycles. The van der Waals surface area contributed by atoms with Crippen molar-refractivity contribution >= 4 is 14.3 Å². The summed E-state index contributed by atoms with van der Waals surface area (Å²) in [6, 6.07) is 2.08. The summed E-state index contributed by atoms with van der Waals surface area (Å²) in [6.07, 6.45) is 5.96. The van der Waals surface area contributed by atoms with Crippen molar-refractivity contribution in [3.05, 3.63) is 41.5 Å². The van der Waals surface area contributed by atoms with Crippen LogP contribution >= 0.6 is 8.58 Å². The Morgan fingerprint density at radius 3 is 1.64 bits per heavy atom. The first kappa shape index (κ1) is 45.2. The topological polar surface area (TPSA) is 29.3 Å². The molecule has 42 heavy (non-hydrogen) atoms. The summed E-state index contributed by atoms with van der Waals surface area (Å²) >= 11 is 0. The molecule has 0 heterocycles. The van der Waals surface area contributed by atoms with Gasteiger partial charge in [0.15, 0.2) is 0 Å². The molecule has 250 valence electrons. The van der Waals surface area contributed by atoms with Gasteiger partial charge in [0.25, 0.3) is 0 Å². The van der Waals surface area contributed by atoms with Crippen molar-refractivity contribution in [3.8, 4) is 0 Å². The Labute approximate surface area is 256 Å². The lowest BCUT2D eigenvalue weighted by molar-refractivity contribution is -0.141. The van der Waals surface area contributed by atoms with E-state index in [1.807, 2.05) is 6.92 Å². The summed E-state index contributed by atoms with van der Waals surface area (Å²) in [5.74, 6) is 0.983. The molecule has 1 fully saturated rings. The Morgan fingerprint density at radius 1 is 0.905 bits per heavy atom. The molecule has 2 nitrogen and oxygen atoms in total. The predicted molar refractivity (Wildman–Crippen MR) is 175 cm³/mol. The minimum atomic E-state index is -4.89. The van der Waals surface area contributed by atoms with E-state index in [1.54, 1.807) is 6.08 Å². The standard InChI is InChI=1S/C12H25N.C9H7F6N.C6H15P.C3H8.C3H6/c1-4-10-13(5-2)12-8-6-11(3)7-9-12;1-4-2-5(8(10,11)12)7(16)6(3-4)9(13,14)15;1-3-5-6-7-4-2;2*1-3-2/h11-12H,4-10H2,1-3H3;2-3H,16H2,1H3;7H,3-6H2,1-2H3;3H2,1-2H3;3H,1H2,2H3. The van der Waals surface area contributed by atoms with Crippen molar-refractivity contribution in [1.29, 1.82) is 0 Å². The second-order valence-corrected chi connectivity index (χ2v) is 12.3. The molecule has 0 radical (unpaired) electrons. The zero-order valence-electron chi connectivity index (χ0n) is 27.9. The number of benzene rings is 1. The van der Waals surface area contributed by atoms with Gasteiger partial charge in [-0.15, -0.1) is 15.2 Å². The van der Waals surface area contributed by atoms with Crippen LogP contribution in [0.2, 0.25) is 0 Å². The molecule has 1 atom stereocenters. The van der Waals surface area contributed by atoms with Crippen LogP contribution in [0.15, 0.2) is 24.8 Å². The van der Waals surface area contributed by atoms with Crippen LogP contribution in [0.5, 0.6) is 0 Å². The number of nitrogens with two attached hydrogens (primary N) is 1. The largest absolute Gasteiger partial charge is 0.418 e. The van der Waals surface area contributed by atoms with Crippen molar-refractivity contribution in [2.24, 2.45) is 5.92 Å². The number of aryl methyl sites for hydroxylation is 1. The highest BCUT2D eigenvalue weighted by molar-refractivity contribution is 7.37. The third kappa shape index (κ3) is 22.3. The number of alkyl halides is 6. The lowest BCUT2D eigenvalue weighted by Gasteiger charge is -2.35. The molecule has 0 saturated heterocycles. The maximum absolute atomic E-state index is 12.3. The van der Waals surface area contributed by atoms with E-state index in [2.05, 4.69) is 59.9 Å². The van der Waals surface area contributed by atoms with E-state index in [1.165, 1.54) is 85.4 Å². The number of hydrogen-bond acceptors (Lipinski definition) is 2. The Hall–Kier alpha value is -1.27. The number of hydrogen-bond donors (Lipinski definition) is 1. The van der Waals surface area contributed by atoms with Crippen LogP contribution < -0.4 is 5.73 Å². The molecule has 0 amide bonds. The first-order chi connectivity index (χ1) is 19.5. The fourth-order valence-electron chi connectivity index (χ4n) is 4.24. The zero-order chi connectivity index (χ0) is 33.4. The first-order valence-electron chi connectivity index (χ1n) is 15.6. The summed E-state index contributed by atoms with van der Waals surface area (Å²) in [6.45, 7) is 24.7. The third-order valence-corrected chi connectivity index (χ3v) is 7.52. The fourth-order valence-corrected chi connectivity index (χ4v) is 5.20. The average Bonchev–Trinajstić information content (AvgIpc) is 2.90. The molecule has 0 spiro atoms. The van der Waals surface area contributed by atoms with E-state index in [0.29, 0.717) is 12.1 Å². The molecule has 0 bridgehead atoms. The highest BCUT2D eigenvalue weighted by atomic mass is 31.1. The van der Waals surface area contributed by atoms with E-state index in [0.717, 1.165) is 18.9 Å². The van der Waals surface area contributed by atoms with Gasteiger partial charge in [0.1, 0.15) is 0 Å². The molecule has 1 aliphatic rings. The van der Waals surface area contributed by atoms with Gasteiger partial charge >= 0.3 is 12.4 Å². The molecule has 0 aromatic heterocycles. The van der Waals surface area contributed by atoms with Gasteiger partial charge < -0.3 is 10.6 Å². The second kappa shape index (κ2) is 26.2. The highest BCUT2D eigenvalue weighted by Gasteiger charge is 2.40. The number of anilines is 1. The SMILES string of the molecule is C=CC.CCC.CCCCPCC.CCCN(CC)C1CCC(C)CC1.Cc1cc(C(F)(F)F)c(N)c(C(F)(F)F)c1. The maximum atomic E-state index is 12.3. The van der Waals surface area contributed by atoms with Gasteiger partial charge in [-0.25, -0.2) is 0 Å². The molecule has 1 aromatic carbocycles. The number of nitrogen functional groups attached to an aromatic ring is 1. The Kier molecular flexibility index (Phi) is 28.1. The van der Waals surface area contributed by atoms with Crippen LogP contribution in [0, 0.1) is 12.8 Å². The monoisotopic (exact) mass is 630 g/mol. The van der Waals surface area contributed by atoms with Gasteiger partial charge in [-0.2, -0.15) is 26.3 Å². The smallest absolute Gasteiger partial charge is 0.398 e. The van der Waals surface area contributed by atoms with Crippen LogP contribution in [0.4, 0.5) is 32.0 Å². The van der Waals surface area contributed by atoms with Gasteiger partial charge in [-0.05, 0) is 101 Å². The Bertz CT molecular complexity index is 734. The van der Waals surface area contributed by atoms with Gasteiger partial charge in [-0.1, -0.05) is 67.4 Å². The van der Waals surface area contributed by atoms with Crippen molar-refractivity contribution in [1.82, 2.24) is 4.90 Å². The number of nitrogens with zero attached hydrogens (tertiary/aromatic N) is 1. The third-order valence-electron chi connectivity index (χ3n) is 6.31. The molecule has 2 N–H and O–H groups in total. The van der Waals surface area contributed by atoms with E-state index in [-0.39, 0.29) is 5.56 Å². The number of unbranched alkanes of at least 4 members (excludes halogenated alkanes) is 1. The highest BCUT2D eigenvalue weighted by Crippen LogP contribution is 2.41. The Morgan fingerprint density at radius 2 is 1.33 bits per heavy atom. The predicted octanol–water partition coefficient (Wildman–Crippen LogP) is 12.0. The maximum Gasteiger partial charge on any atom is 0.418 e. The second-order valence-electron chi connectivity index (χ2n) is 10.6. The number of rotatable bonds is 8. The van der Waals surface area contributed by atoms with Crippen molar-refractivity contribution in [3.63, 3.8) is 0 Å². The normalized spacial score (nSPS) is 16.7. The van der Waals surface area contributed by atoms with Crippen LogP contribution in [-0.2, 0) is 12.4 Å². The summed E-state index contributed by atoms with van der Waals surface area (Å²) < 4.78 is 74.1. The van der Waals surface area contributed by atoms with E-state index in [9.17, 15) is 26.3 Å². The van der Waals surface area contributed by atoms with Gasteiger partial charge in [0.05, 0.1) is 16.8 Å². The van der Waals surface area contributed by atoms with Crippen LogP contribution in [0.3, 0.4) is 0 Å². The fraction of sp³-hybridized carbons (Fsp3) is 0.758. The first-order valence-corrected chi connectivity index (χ1v) is 17.0. The van der Waals surface area contributed by atoms with E-state index in [4.69, 9.17) is 5.73 Å². The van der Waals surface area contributed by atoms with Gasteiger partial charge in [-0.3, -0.25) is 0 Å². The summed E-state index contributed by atoms with van der Waals surface area (Å²) in [7, 11) is 1.22. The van der Waals surface area contributed by atoms with Crippen molar-refractivity contribution < 1.29 is 26.3 Å². The minimum absolute atomic E-state index is 0.145. The van der Waals surface area contributed by atoms with E-state index >= 15 is 0 Å². The molecule has 1 unspecified atom stereocenters. The lowest BCUT2D eigenvalue weighted by Crippen LogP contribution is -2.38.